The summed E-state index contributed by atoms with van der Waals surface area (Å²) in [7, 11) is 0. The van der Waals surface area contributed by atoms with E-state index >= 15 is 0 Å². The normalized spacial score (nSPS) is 22.6. The van der Waals surface area contributed by atoms with Gasteiger partial charge in [0.25, 0.3) is 0 Å². The molecule has 4 rings (SSSR count). The summed E-state index contributed by atoms with van der Waals surface area (Å²) in [5.74, 6) is 0. The molecule has 0 unspecified atom stereocenters. The van der Waals surface area contributed by atoms with E-state index in [-0.39, 0.29) is 0 Å². The second kappa shape index (κ2) is 6.04. The van der Waals surface area contributed by atoms with Crippen molar-refractivity contribution in [3.63, 3.8) is 0 Å². The standard InChI is InChI=1S/C16H21N5O/c1-3-13(4-1)20-11-14-5-9-19-21(14)10-6-15(20)12-22-16-17-7-2-8-18-16/h2,5,7-9,13,15H,1,3-4,6,10-12H2/t15-/m0/s1. The van der Waals surface area contributed by atoms with Gasteiger partial charge in [0.15, 0.2) is 0 Å². The number of rotatable bonds is 4. The molecule has 6 nitrogen and oxygen atoms in total. The molecule has 0 radical (unpaired) electrons. The smallest absolute Gasteiger partial charge is 0.316 e. The van der Waals surface area contributed by atoms with Gasteiger partial charge in [-0.25, -0.2) is 9.97 Å². The van der Waals surface area contributed by atoms with Gasteiger partial charge in [-0.2, -0.15) is 5.10 Å². The predicted octanol–water partition coefficient (Wildman–Crippen LogP) is 1.88. The molecule has 22 heavy (non-hydrogen) atoms. The molecule has 0 saturated heterocycles. The quantitative estimate of drug-likeness (QED) is 0.863. The maximum atomic E-state index is 5.83. The fourth-order valence-corrected chi connectivity index (χ4v) is 3.30. The van der Waals surface area contributed by atoms with E-state index < -0.39 is 0 Å². The van der Waals surface area contributed by atoms with Crippen molar-refractivity contribution in [3.05, 3.63) is 36.4 Å². The van der Waals surface area contributed by atoms with Crippen LogP contribution >= 0.6 is 0 Å². The van der Waals surface area contributed by atoms with Crippen LogP contribution < -0.4 is 4.74 Å². The third-order valence-corrected chi connectivity index (χ3v) is 4.78. The molecule has 1 aliphatic heterocycles. The van der Waals surface area contributed by atoms with E-state index in [0.717, 1.165) is 19.5 Å². The third kappa shape index (κ3) is 2.70. The summed E-state index contributed by atoms with van der Waals surface area (Å²) in [5, 5.41) is 4.43. The first-order valence-electron chi connectivity index (χ1n) is 8.06. The van der Waals surface area contributed by atoms with Crippen molar-refractivity contribution in [1.82, 2.24) is 24.6 Å². The van der Waals surface area contributed by atoms with Gasteiger partial charge in [0, 0.05) is 43.8 Å². The van der Waals surface area contributed by atoms with Gasteiger partial charge >= 0.3 is 6.01 Å². The number of fused-ring (bicyclic) bond motifs is 1. The summed E-state index contributed by atoms with van der Waals surface area (Å²) < 4.78 is 7.96. The monoisotopic (exact) mass is 299 g/mol. The molecule has 116 valence electrons. The number of ether oxygens (including phenoxy) is 1. The Morgan fingerprint density at radius 1 is 1.14 bits per heavy atom. The maximum absolute atomic E-state index is 5.83. The number of aryl methyl sites for hydroxylation is 1. The van der Waals surface area contributed by atoms with Crippen molar-refractivity contribution in [2.75, 3.05) is 6.61 Å². The van der Waals surface area contributed by atoms with Gasteiger partial charge in [-0.05, 0) is 31.4 Å². The first-order chi connectivity index (χ1) is 10.9. The van der Waals surface area contributed by atoms with Crippen LogP contribution in [0.4, 0.5) is 0 Å². The van der Waals surface area contributed by atoms with Gasteiger partial charge in [-0.15, -0.1) is 0 Å². The zero-order chi connectivity index (χ0) is 14.8. The van der Waals surface area contributed by atoms with Crippen LogP contribution in [0.15, 0.2) is 30.7 Å². The van der Waals surface area contributed by atoms with E-state index in [0.29, 0.717) is 24.7 Å². The average Bonchev–Trinajstić information content (AvgIpc) is 2.87. The summed E-state index contributed by atoms with van der Waals surface area (Å²) in [6, 6.07) is 5.49. The highest BCUT2D eigenvalue weighted by atomic mass is 16.5. The Morgan fingerprint density at radius 3 is 2.77 bits per heavy atom. The second-order valence-corrected chi connectivity index (χ2v) is 6.09. The SMILES string of the molecule is c1cnc(OC[C@@H]2CCn3nccc3CN2C2CCC2)nc1. The van der Waals surface area contributed by atoms with Gasteiger partial charge in [0.1, 0.15) is 6.61 Å². The molecule has 0 amide bonds. The van der Waals surface area contributed by atoms with Crippen molar-refractivity contribution in [2.45, 2.75) is 50.9 Å². The summed E-state index contributed by atoms with van der Waals surface area (Å²) in [4.78, 5) is 10.9. The van der Waals surface area contributed by atoms with Crippen molar-refractivity contribution >= 4 is 0 Å². The van der Waals surface area contributed by atoms with Crippen LogP contribution in [0.1, 0.15) is 31.4 Å². The average molecular weight is 299 g/mol. The molecule has 0 aromatic carbocycles. The molecule has 1 fully saturated rings. The largest absolute Gasteiger partial charge is 0.462 e. The highest BCUT2D eigenvalue weighted by Gasteiger charge is 2.33. The Balaban J connectivity index is 1.48. The van der Waals surface area contributed by atoms with E-state index in [1.807, 2.05) is 6.20 Å². The highest BCUT2D eigenvalue weighted by Crippen LogP contribution is 2.30. The third-order valence-electron chi connectivity index (χ3n) is 4.78. The summed E-state index contributed by atoms with van der Waals surface area (Å²) in [5.41, 5.74) is 1.31. The fraction of sp³-hybridized carbons (Fsp3) is 0.562. The van der Waals surface area contributed by atoms with E-state index in [1.54, 1.807) is 18.5 Å². The molecule has 6 heteroatoms. The van der Waals surface area contributed by atoms with Crippen LogP contribution in [-0.2, 0) is 13.1 Å². The lowest BCUT2D eigenvalue weighted by Gasteiger charge is -2.41. The van der Waals surface area contributed by atoms with Crippen molar-refractivity contribution in [1.29, 1.82) is 0 Å². The lowest BCUT2D eigenvalue weighted by Crippen LogP contribution is -2.48. The highest BCUT2D eigenvalue weighted by molar-refractivity contribution is 5.04. The molecular formula is C16H21N5O. The molecule has 2 aromatic rings. The zero-order valence-electron chi connectivity index (χ0n) is 12.6. The summed E-state index contributed by atoms with van der Waals surface area (Å²) in [6.45, 7) is 2.56. The number of nitrogens with zero attached hydrogens (tertiary/aromatic N) is 5. The van der Waals surface area contributed by atoms with Gasteiger partial charge in [0.2, 0.25) is 0 Å². The maximum Gasteiger partial charge on any atom is 0.316 e. The lowest BCUT2D eigenvalue weighted by atomic mass is 9.90. The molecule has 3 heterocycles. The number of hydrogen-bond acceptors (Lipinski definition) is 5. The van der Waals surface area contributed by atoms with Crippen molar-refractivity contribution in [2.24, 2.45) is 0 Å². The molecular weight excluding hydrogens is 278 g/mol. The van der Waals surface area contributed by atoms with Gasteiger partial charge in [-0.1, -0.05) is 6.42 Å². The Morgan fingerprint density at radius 2 is 2.00 bits per heavy atom. The van der Waals surface area contributed by atoms with Crippen LogP contribution in [0.2, 0.25) is 0 Å². The molecule has 1 atom stereocenters. The lowest BCUT2D eigenvalue weighted by molar-refractivity contribution is 0.0427. The van der Waals surface area contributed by atoms with E-state index in [1.165, 1.54) is 25.0 Å². The second-order valence-electron chi connectivity index (χ2n) is 6.09. The Bertz CT molecular complexity index is 610. The van der Waals surface area contributed by atoms with Crippen molar-refractivity contribution in [3.8, 4) is 6.01 Å². The Kier molecular flexibility index (Phi) is 3.76. The molecule has 1 aliphatic carbocycles. The molecule has 1 saturated carbocycles. The molecule has 0 N–H and O–H groups in total. The molecule has 2 aromatic heterocycles. The minimum absolute atomic E-state index is 0.399. The van der Waals surface area contributed by atoms with Crippen molar-refractivity contribution < 1.29 is 4.74 Å². The summed E-state index contributed by atoms with van der Waals surface area (Å²) in [6.07, 6.45) is 10.3. The van der Waals surface area contributed by atoms with Crippen LogP contribution in [0.5, 0.6) is 6.01 Å². The first kappa shape index (κ1) is 13.7. The summed E-state index contributed by atoms with van der Waals surface area (Å²) >= 11 is 0. The minimum atomic E-state index is 0.399. The first-order valence-corrected chi connectivity index (χ1v) is 8.06. The van der Waals surface area contributed by atoms with Gasteiger partial charge in [0.05, 0.1) is 5.69 Å². The number of aromatic nitrogens is 4. The zero-order valence-corrected chi connectivity index (χ0v) is 12.6. The van der Waals surface area contributed by atoms with Crippen LogP contribution in [0.3, 0.4) is 0 Å². The molecule has 0 bridgehead atoms. The van der Waals surface area contributed by atoms with E-state index in [2.05, 4.69) is 30.7 Å². The predicted molar refractivity (Wildman–Crippen MR) is 81.3 cm³/mol. The molecule has 0 spiro atoms. The fourth-order valence-electron chi connectivity index (χ4n) is 3.30. The topological polar surface area (TPSA) is 56.1 Å². The van der Waals surface area contributed by atoms with Crippen LogP contribution in [0.25, 0.3) is 0 Å². The Hall–Kier alpha value is -1.95. The van der Waals surface area contributed by atoms with Crippen LogP contribution in [0, 0.1) is 0 Å². The van der Waals surface area contributed by atoms with E-state index in [4.69, 9.17) is 4.74 Å². The molecule has 2 aliphatic rings. The Labute approximate surface area is 130 Å². The van der Waals surface area contributed by atoms with E-state index in [9.17, 15) is 0 Å². The van der Waals surface area contributed by atoms with Gasteiger partial charge < -0.3 is 4.74 Å². The number of hydrogen-bond donors (Lipinski definition) is 0. The minimum Gasteiger partial charge on any atom is -0.462 e. The van der Waals surface area contributed by atoms with Crippen LogP contribution in [-0.4, -0.2) is 43.3 Å². The van der Waals surface area contributed by atoms with Gasteiger partial charge in [-0.3, -0.25) is 9.58 Å².